The van der Waals surface area contributed by atoms with Gasteiger partial charge in [-0.15, -0.1) is 0 Å². The van der Waals surface area contributed by atoms with Crippen LogP contribution in [-0.2, 0) is 14.9 Å². The van der Waals surface area contributed by atoms with Gasteiger partial charge in [0.05, 0.1) is 7.11 Å². The Morgan fingerprint density at radius 3 is 2.32 bits per heavy atom. The van der Waals surface area contributed by atoms with E-state index in [2.05, 4.69) is 10.1 Å². The van der Waals surface area contributed by atoms with Gasteiger partial charge >= 0.3 is 5.97 Å². The van der Waals surface area contributed by atoms with Gasteiger partial charge in [-0.3, -0.25) is 4.79 Å². The predicted octanol–water partition coefficient (Wildman–Crippen LogP) is 2.28. The molecule has 4 heteroatoms. The number of carbonyl (C=O) groups is 2. The molecular weight excluding hydrogens is 242 g/mol. The molecule has 4 nitrogen and oxygen atoms in total. The Labute approximate surface area is 114 Å². The fraction of sp³-hybridized carbons (Fsp3) is 0.467. The topological polar surface area (TPSA) is 55.4 Å². The van der Waals surface area contributed by atoms with E-state index in [4.69, 9.17) is 0 Å². The van der Waals surface area contributed by atoms with E-state index in [0.29, 0.717) is 5.56 Å². The molecule has 0 heterocycles. The van der Waals surface area contributed by atoms with Crippen molar-refractivity contribution >= 4 is 11.9 Å². The number of amides is 1. The van der Waals surface area contributed by atoms with Crippen molar-refractivity contribution in [1.82, 2.24) is 5.32 Å². The number of hydrogen-bond acceptors (Lipinski definition) is 3. The van der Waals surface area contributed by atoms with E-state index < -0.39 is 12.0 Å². The van der Waals surface area contributed by atoms with Crippen molar-refractivity contribution in [2.45, 2.75) is 39.2 Å². The summed E-state index contributed by atoms with van der Waals surface area (Å²) in [5.74, 6) is -0.718. The zero-order chi connectivity index (χ0) is 14.6. The average Bonchev–Trinajstić information content (AvgIpc) is 2.36. The first-order chi connectivity index (χ1) is 8.77. The molecule has 1 aromatic rings. The lowest BCUT2D eigenvalue weighted by atomic mass is 9.83. The molecule has 1 rings (SSSR count). The Hall–Kier alpha value is -1.84. The Balaban J connectivity index is 2.98. The molecule has 0 saturated carbocycles. The van der Waals surface area contributed by atoms with E-state index >= 15 is 0 Å². The van der Waals surface area contributed by atoms with E-state index in [-0.39, 0.29) is 11.3 Å². The van der Waals surface area contributed by atoms with Crippen LogP contribution >= 0.6 is 0 Å². The van der Waals surface area contributed by atoms with Crippen molar-refractivity contribution in [3.05, 3.63) is 35.4 Å². The molecule has 0 aromatic heterocycles. The van der Waals surface area contributed by atoms with E-state index in [1.165, 1.54) is 7.11 Å². The van der Waals surface area contributed by atoms with Crippen LogP contribution in [0.1, 0.15) is 43.6 Å². The highest BCUT2D eigenvalue weighted by Crippen LogP contribution is 2.25. The molecule has 1 unspecified atom stereocenters. The van der Waals surface area contributed by atoms with E-state index in [0.717, 1.165) is 5.56 Å². The summed E-state index contributed by atoms with van der Waals surface area (Å²) in [5, 5.41) is 2.65. The van der Waals surface area contributed by atoms with Gasteiger partial charge in [-0.2, -0.15) is 0 Å². The SMILES string of the molecule is COC(=O)C(C)NC(=O)c1ccccc1C(C)(C)C. The third kappa shape index (κ3) is 3.81. The first-order valence-corrected chi connectivity index (χ1v) is 6.25. The van der Waals surface area contributed by atoms with Crippen molar-refractivity contribution in [1.29, 1.82) is 0 Å². The van der Waals surface area contributed by atoms with Gasteiger partial charge in [0.2, 0.25) is 0 Å². The molecule has 0 aliphatic rings. The quantitative estimate of drug-likeness (QED) is 0.851. The van der Waals surface area contributed by atoms with Gasteiger partial charge in [0.1, 0.15) is 6.04 Å². The fourth-order valence-electron chi connectivity index (χ4n) is 1.85. The maximum Gasteiger partial charge on any atom is 0.328 e. The van der Waals surface area contributed by atoms with Crippen molar-refractivity contribution in [2.75, 3.05) is 7.11 Å². The Morgan fingerprint density at radius 1 is 1.21 bits per heavy atom. The second-order valence-electron chi connectivity index (χ2n) is 5.51. The largest absolute Gasteiger partial charge is 0.467 e. The molecule has 0 aliphatic carbocycles. The number of nitrogens with one attached hydrogen (secondary N) is 1. The zero-order valence-corrected chi connectivity index (χ0v) is 12.1. The van der Waals surface area contributed by atoms with Gasteiger partial charge in [0.25, 0.3) is 5.91 Å². The van der Waals surface area contributed by atoms with Crippen molar-refractivity contribution in [3.63, 3.8) is 0 Å². The van der Waals surface area contributed by atoms with E-state index in [9.17, 15) is 9.59 Å². The lowest BCUT2D eigenvalue weighted by Crippen LogP contribution is -2.40. The van der Waals surface area contributed by atoms with Crippen molar-refractivity contribution in [2.24, 2.45) is 0 Å². The second kappa shape index (κ2) is 5.87. The molecule has 0 spiro atoms. The van der Waals surface area contributed by atoms with Crippen LogP contribution in [0.15, 0.2) is 24.3 Å². The smallest absolute Gasteiger partial charge is 0.328 e. The van der Waals surface area contributed by atoms with Gasteiger partial charge in [-0.1, -0.05) is 39.0 Å². The Bertz CT molecular complexity index is 475. The third-order valence-electron chi connectivity index (χ3n) is 2.88. The first-order valence-electron chi connectivity index (χ1n) is 6.25. The van der Waals surface area contributed by atoms with Gasteiger partial charge in [0.15, 0.2) is 0 Å². The molecule has 0 radical (unpaired) electrons. The van der Waals surface area contributed by atoms with Crippen LogP contribution in [0.4, 0.5) is 0 Å². The van der Waals surface area contributed by atoms with Gasteiger partial charge < -0.3 is 10.1 Å². The lowest BCUT2D eigenvalue weighted by Gasteiger charge is -2.23. The highest BCUT2D eigenvalue weighted by Gasteiger charge is 2.23. The summed E-state index contributed by atoms with van der Waals surface area (Å²) < 4.78 is 4.59. The fourth-order valence-corrected chi connectivity index (χ4v) is 1.85. The van der Waals surface area contributed by atoms with Crippen molar-refractivity contribution < 1.29 is 14.3 Å². The summed E-state index contributed by atoms with van der Waals surface area (Å²) in [4.78, 5) is 23.5. The molecule has 1 atom stereocenters. The summed E-state index contributed by atoms with van der Waals surface area (Å²) in [5.41, 5.74) is 1.40. The molecule has 1 N–H and O–H groups in total. The minimum absolute atomic E-state index is 0.136. The van der Waals surface area contributed by atoms with Crippen LogP contribution in [0.5, 0.6) is 0 Å². The van der Waals surface area contributed by atoms with Crippen molar-refractivity contribution in [3.8, 4) is 0 Å². The molecule has 104 valence electrons. The van der Waals surface area contributed by atoms with Gasteiger partial charge in [-0.25, -0.2) is 4.79 Å². The standard InChI is InChI=1S/C15H21NO3/c1-10(14(18)19-5)16-13(17)11-8-6-7-9-12(11)15(2,3)4/h6-10H,1-5H3,(H,16,17). The number of rotatable bonds is 3. The summed E-state index contributed by atoms with van der Waals surface area (Å²) in [6.07, 6.45) is 0. The molecule has 0 bridgehead atoms. The summed E-state index contributed by atoms with van der Waals surface area (Å²) in [6.45, 7) is 7.73. The molecule has 0 saturated heterocycles. The third-order valence-corrected chi connectivity index (χ3v) is 2.88. The van der Waals surface area contributed by atoms with Crippen LogP contribution < -0.4 is 5.32 Å². The average molecular weight is 263 g/mol. The zero-order valence-electron chi connectivity index (χ0n) is 12.1. The van der Waals surface area contributed by atoms with Crippen LogP contribution in [-0.4, -0.2) is 25.0 Å². The molecule has 0 aliphatic heterocycles. The van der Waals surface area contributed by atoms with E-state index in [1.54, 1.807) is 13.0 Å². The first kappa shape index (κ1) is 15.2. The minimum Gasteiger partial charge on any atom is -0.467 e. The molecule has 0 fully saturated rings. The predicted molar refractivity (Wildman–Crippen MR) is 74.1 cm³/mol. The van der Waals surface area contributed by atoms with Crippen LogP contribution in [0.2, 0.25) is 0 Å². The maximum absolute atomic E-state index is 12.2. The summed E-state index contributed by atoms with van der Waals surface area (Å²) >= 11 is 0. The number of hydrogen-bond donors (Lipinski definition) is 1. The normalized spacial score (nSPS) is 12.7. The number of methoxy groups -OCH3 is 1. The highest BCUT2D eigenvalue weighted by atomic mass is 16.5. The van der Waals surface area contributed by atoms with Crippen LogP contribution in [0, 0.1) is 0 Å². The number of carbonyl (C=O) groups excluding carboxylic acids is 2. The molecule has 1 amide bonds. The highest BCUT2D eigenvalue weighted by molar-refractivity contribution is 5.98. The van der Waals surface area contributed by atoms with Crippen LogP contribution in [0.3, 0.4) is 0 Å². The summed E-state index contributed by atoms with van der Waals surface area (Å²) in [6, 6.07) is 6.75. The number of ether oxygens (including phenoxy) is 1. The Kier molecular flexibility index (Phi) is 4.70. The maximum atomic E-state index is 12.2. The van der Waals surface area contributed by atoms with Gasteiger partial charge in [-0.05, 0) is 24.0 Å². The summed E-state index contributed by atoms with van der Waals surface area (Å²) in [7, 11) is 1.30. The monoisotopic (exact) mass is 263 g/mol. The number of benzene rings is 1. The minimum atomic E-state index is -0.662. The number of esters is 1. The van der Waals surface area contributed by atoms with E-state index in [1.807, 2.05) is 39.0 Å². The van der Waals surface area contributed by atoms with Crippen LogP contribution in [0.25, 0.3) is 0 Å². The Morgan fingerprint density at radius 2 is 1.79 bits per heavy atom. The second-order valence-corrected chi connectivity index (χ2v) is 5.51. The van der Waals surface area contributed by atoms with Gasteiger partial charge in [0, 0.05) is 5.56 Å². The molecule has 1 aromatic carbocycles. The lowest BCUT2D eigenvalue weighted by molar-refractivity contribution is -0.142. The molecular formula is C15H21NO3. The molecule has 19 heavy (non-hydrogen) atoms.